The van der Waals surface area contributed by atoms with E-state index in [0.717, 1.165) is 42.0 Å². The van der Waals surface area contributed by atoms with E-state index in [1.807, 2.05) is 12.1 Å². The lowest BCUT2D eigenvalue weighted by Crippen LogP contribution is -2.10. The molecular weight excluding hydrogens is 281 g/mol. The van der Waals surface area contributed by atoms with Gasteiger partial charge in [-0.3, -0.25) is 0 Å². The molecule has 0 radical (unpaired) electrons. The third kappa shape index (κ3) is 2.37. The van der Waals surface area contributed by atoms with Gasteiger partial charge in [-0.1, -0.05) is 12.1 Å². The zero-order valence-electron chi connectivity index (χ0n) is 12.1. The highest BCUT2D eigenvalue weighted by atomic mass is 19.1. The molecule has 1 aliphatic rings. The van der Waals surface area contributed by atoms with E-state index in [1.54, 1.807) is 18.3 Å². The third-order valence-electron chi connectivity index (χ3n) is 4.00. The Labute approximate surface area is 127 Å². The lowest BCUT2D eigenvalue weighted by Gasteiger charge is -2.13. The topological polar surface area (TPSA) is 39.9 Å². The molecular formula is C17H16FN3O. The highest BCUT2D eigenvalue weighted by Crippen LogP contribution is 2.30. The highest BCUT2D eigenvalue weighted by Gasteiger charge is 2.24. The Balaban J connectivity index is 1.79. The number of nitrogens with zero attached hydrogens (tertiary/aromatic N) is 3. The monoisotopic (exact) mass is 297 g/mol. The Kier molecular flexibility index (Phi) is 3.35. The molecule has 22 heavy (non-hydrogen) atoms. The molecule has 0 spiro atoms. The van der Waals surface area contributed by atoms with Crippen LogP contribution < -0.4 is 0 Å². The van der Waals surface area contributed by atoms with Gasteiger partial charge in [0.15, 0.2) is 5.65 Å². The lowest BCUT2D eigenvalue weighted by atomic mass is 10.2. The van der Waals surface area contributed by atoms with Crippen LogP contribution in [0.15, 0.2) is 42.6 Å². The van der Waals surface area contributed by atoms with Crippen LogP contribution in [0.1, 0.15) is 30.3 Å². The van der Waals surface area contributed by atoms with Crippen molar-refractivity contribution in [3.63, 3.8) is 0 Å². The summed E-state index contributed by atoms with van der Waals surface area (Å²) in [5.41, 5.74) is 2.73. The highest BCUT2D eigenvalue weighted by molar-refractivity contribution is 5.71. The normalized spacial score (nSPS) is 18.1. The number of halogens is 1. The molecule has 0 bridgehead atoms. The summed E-state index contributed by atoms with van der Waals surface area (Å²) in [4.78, 5) is 9.17. The maximum atomic E-state index is 13.1. The maximum absolute atomic E-state index is 13.1. The number of ether oxygens (including phenoxy) is 1. The number of imidazole rings is 1. The summed E-state index contributed by atoms with van der Waals surface area (Å²) in [5.74, 6) is 0.687. The number of pyridine rings is 1. The number of rotatable bonds is 3. The van der Waals surface area contributed by atoms with Gasteiger partial charge >= 0.3 is 0 Å². The minimum Gasteiger partial charge on any atom is -0.370 e. The van der Waals surface area contributed by atoms with Crippen LogP contribution in [-0.2, 0) is 11.3 Å². The van der Waals surface area contributed by atoms with Crippen molar-refractivity contribution in [3.8, 4) is 0 Å². The summed E-state index contributed by atoms with van der Waals surface area (Å²) < 4.78 is 21.0. The van der Waals surface area contributed by atoms with Crippen LogP contribution in [0.5, 0.6) is 0 Å². The van der Waals surface area contributed by atoms with E-state index < -0.39 is 0 Å². The van der Waals surface area contributed by atoms with Crippen molar-refractivity contribution in [1.29, 1.82) is 0 Å². The molecule has 1 aliphatic heterocycles. The van der Waals surface area contributed by atoms with Crippen molar-refractivity contribution in [2.45, 2.75) is 25.5 Å². The molecule has 0 saturated carbocycles. The van der Waals surface area contributed by atoms with Gasteiger partial charge in [0.1, 0.15) is 23.3 Å². The molecule has 3 heterocycles. The summed E-state index contributed by atoms with van der Waals surface area (Å²) in [6.45, 7) is 1.39. The van der Waals surface area contributed by atoms with Crippen molar-refractivity contribution in [2.24, 2.45) is 0 Å². The van der Waals surface area contributed by atoms with Crippen LogP contribution in [0.3, 0.4) is 0 Å². The SMILES string of the molecule is Fc1ccc(Cn2c(C3CCCO3)nc3cccnc32)cc1. The summed E-state index contributed by atoms with van der Waals surface area (Å²) >= 11 is 0. The molecule has 3 aromatic rings. The van der Waals surface area contributed by atoms with Gasteiger partial charge in [0.25, 0.3) is 0 Å². The van der Waals surface area contributed by atoms with E-state index in [9.17, 15) is 4.39 Å². The zero-order chi connectivity index (χ0) is 14.9. The van der Waals surface area contributed by atoms with Crippen LogP contribution in [-0.4, -0.2) is 21.1 Å². The first-order valence-electron chi connectivity index (χ1n) is 7.48. The Morgan fingerprint density at radius 2 is 2.09 bits per heavy atom. The van der Waals surface area contributed by atoms with Crippen LogP contribution in [0.4, 0.5) is 4.39 Å². The number of benzene rings is 1. The minimum absolute atomic E-state index is 0.0228. The first kappa shape index (κ1) is 13.4. The molecule has 4 rings (SSSR count). The second kappa shape index (κ2) is 5.50. The summed E-state index contributed by atoms with van der Waals surface area (Å²) in [6, 6.07) is 10.4. The van der Waals surface area contributed by atoms with Gasteiger partial charge in [-0.2, -0.15) is 0 Å². The molecule has 1 aromatic carbocycles. The van der Waals surface area contributed by atoms with E-state index in [1.165, 1.54) is 12.1 Å². The molecule has 5 heteroatoms. The zero-order valence-corrected chi connectivity index (χ0v) is 12.1. The average molecular weight is 297 g/mol. The van der Waals surface area contributed by atoms with Crippen molar-refractivity contribution in [3.05, 3.63) is 59.8 Å². The number of hydrogen-bond donors (Lipinski definition) is 0. The van der Waals surface area contributed by atoms with Gasteiger partial charge in [0.05, 0.1) is 6.54 Å². The van der Waals surface area contributed by atoms with Crippen molar-refractivity contribution < 1.29 is 9.13 Å². The molecule has 1 fully saturated rings. The van der Waals surface area contributed by atoms with Crippen molar-refractivity contribution in [2.75, 3.05) is 6.61 Å². The van der Waals surface area contributed by atoms with E-state index in [-0.39, 0.29) is 11.9 Å². The molecule has 1 atom stereocenters. The van der Waals surface area contributed by atoms with E-state index >= 15 is 0 Å². The first-order chi connectivity index (χ1) is 10.8. The fraction of sp³-hybridized carbons (Fsp3) is 0.294. The Morgan fingerprint density at radius 3 is 2.86 bits per heavy atom. The summed E-state index contributed by atoms with van der Waals surface area (Å²) in [5, 5.41) is 0. The van der Waals surface area contributed by atoms with Gasteiger partial charge < -0.3 is 9.30 Å². The quantitative estimate of drug-likeness (QED) is 0.743. The van der Waals surface area contributed by atoms with Gasteiger partial charge in [0.2, 0.25) is 0 Å². The fourth-order valence-corrected chi connectivity index (χ4v) is 2.93. The van der Waals surface area contributed by atoms with E-state index in [2.05, 4.69) is 9.55 Å². The molecule has 0 aliphatic carbocycles. The minimum atomic E-state index is -0.225. The van der Waals surface area contributed by atoms with E-state index in [0.29, 0.717) is 6.54 Å². The molecule has 0 amide bonds. The largest absolute Gasteiger partial charge is 0.370 e. The Bertz CT molecular complexity index is 791. The van der Waals surface area contributed by atoms with Crippen LogP contribution in [0.25, 0.3) is 11.2 Å². The van der Waals surface area contributed by atoms with Crippen molar-refractivity contribution in [1.82, 2.24) is 14.5 Å². The maximum Gasteiger partial charge on any atom is 0.160 e. The van der Waals surface area contributed by atoms with Gasteiger partial charge in [-0.05, 0) is 42.7 Å². The molecule has 2 aromatic heterocycles. The van der Waals surface area contributed by atoms with Gasteiger partial charge in [-0.15, -0.1) is 0 Å². The Hall–Kier alpha value is -2.27. The van der Waals surface area contributed by atoms with Crippen LogP contribution in [0.2, 0.25) is 0 Å². The second-order valence-electron chi connectivity index (χ2n) is 5.53. The fourth-order valence-electron chi connectivity index (χ4n) is 2.93. The second-order valence-corrected chi connectivity index (χ2v) is 5.53. The molecule has 4 nitrogen and oxygen atoms in total. The van der Waals surface area contributed by atoms with Crippen LogP contribution >= 0.6 is 0 Å². The van der Waals surface area contributed by atoms with Gasteiger partial charge in [-0.25, -0.2) is 14.4 Å². The van der Waals surface area contributed by atoms with Crippen LogP contribution in [0, 0.1) is 5.82 Å². The number of fused-ring (bicyclic) bond motifs is 1. The predicted octanol–water partition coefficient (Wildman–Crippen LogP) is 3.47. The third-order valence-corrected chi connectivity index (χ3v) is 4.00. The molecule has 112 valence electrons. The van der Waals surface area contributed by atoms with E-state index in [4.69, 9.17) is 9.72 Å². The number of hydrogen-bond acceptors (Lipinski definition) is 3. The molecule has 1 unspecified atom stereocenters. The predicted molar refractivity (Wildman–Crippen MR) is 81.0 cm³/mol. The summed E-state index contributed by atoms with van der Waals surface area (Å²) in [6.07, 6.45) is 3.82. The Morgan fingerprint density at radius 1 is 1.23 bits per heavy atom. The average Bonchev–Trinajstić information content (AvgIpc) is 3.18. The smallest absolute Gasteiger partial charge is 0.160 e. The van der Waals surface area contributed by atoms with Gasteiger partial charge in [0, 0.05) is 12.8 Å². The first-order valence-corrected chi connectivity index (χ1v) is 7.48. The number of aromatic nitrogens is 3. The lowest BCUT2D eigenvalue weighted by molar-refractivity contribution is 0.103. The standard InChI is InChI=1S/C17H16FN3O/c18-13-7-5-12(6-8-13)11-21-16-14(3-1-9-19-16)20-17(21)15-4-2-10-22-15/h1,3,5-9,15H,2,4,10-11H2. The molecule has 0 N–H and O–H groups in total. The summed E-state index contributed by atoms with van der Waals surface area (Å²) in [7, 11) is 0. The molecule has 1 saturated heterocycles. The van der Waals surface area contributed by atoms with Crippen molar-refractivity contribution >= 4 is 11.2 Å².